The second-order valence-electron chi connectivity index (χ2n) is 5.72. The molecule has 144 valence electrons. The summed E-state index contributed by atoms with van der Waals surface area (Å²) in [6.07, 6.45) is 3.04. The van der Waals surface area contributed by atoms with Gasteiger partial charge in [0.2, 0.25) is 0 Å². The lowest BCUT2D eigenvalue weighted by atomic mass is 10.2. The molecule has 28 heavy (non-hydrogen) atoms. The molecule has 0 saturated heterocycles. The number of rotatable bonds is 7. The molecule has 3 aromatic rings. The Kier molecular flexibility index (Phi) is 5.59. The van der Waals surface area contributed by atoms with Crippen molar-refractivity contribution in [2.45, 2.75) is 0 Å². The number of hydrogen-bond donors (Lipinski definition) is 1. The van der Waals surface area contributed by atoms with Crippen molar-refractivity contribution in [2.24, 2.45) is 5.10 Å². The fourth-order valence-electron chi connectivity index (χ4n) is 2.60. The molecule has 1 N–H and O–H groups in total. The summed E-state index contributed by atoms with van der Waals surface area (Å²) in [6.45, 7) is 3.97. The maximum absolute atomic E-state index is 12.7. The van der Waals surface area contributed by atoms with Crippen LogP contribution in [0.1, 0.15) is 5.56 Å². The van der Waals surface area contributed by atoms with Gasteiger partial charge in [-0.05, 0) is 23.8 Å². The highest BCUT2D eigenvalue weighted by molar-refractivity contribution is 5.82. The van der Waals surface area contributed by atoms with E-state index in [1.54, 1.807) is 30.3 Å². The Balaban J connectivity index is 2.04. The van der Waals surface area contributed by atoms with Gasteiger partial charge in [0.25, 0.3) is 5.56 Å². The van der Waals surface area contributed by atoms with E-state index in [4.69, 9.17) is 14.2 Å². The van der Waals surface area contributed by atoms with Crippen LogP contribution in [0.4, 0.5) is 0 Å². The molecule has 0 aliphatic heterocycles. The Labute approximate surface area is 160 Å². The third kappa shape index (κ3) is 3.80. The summed E-state index contributed by atoms with van der Waals surface area (Å²) in [4.78, 5) is 27.7. The molecule has 1 aromatic heterocycles. The zero-order valence-electron chi connectivity index (χ0n) is 15.5. The van der Waals surface area contributed by atoms with Crippen LogP contribution >= 0.6 is 0 Å². The van der Waals surface area contributed by atoms with E-state index >= 15 is 0 Å². The minimum absolute atomic E-state index is 0.248. The molecule has 0 saturated carbocycles. The normalized spacial score (nSPS) is 10.9. The minimum Gasteiger partial charge on any atom is -0.493 e. The Morgan fingerprint density at radius 3 is 2.61 bits per heavy atom. The molecule has 0 fully saturated rings. The monoisotopic (exact) mass is 381 g/mol. The standard InChI is InChI=1S/C20H19N3O5/c1-4-8-28-14-7-5-6-13(9-14)12-21-23-19(24)15-10-17(26-2)18(27-3)11-16(15)22-20(23)25/h4-7,9-12H,1,8H2,2-3H3,(H,22,25)/b21-12-. The predicted molar refractivity (Wildman–Crippen MR) is 107 cm³/mol. The van der Waals surface area contributed by atoms with Crippen molar-refractivity contribution in [3.8, 4) is 17.2 Å². The smallest absolute Gasteiger partial charge is 0.349 e. The van der Waals surface area contributed by atoms with Crippen LogP contribution in [-0.2, 0) is 0 Å². The topological polar surface area (TPSA) is 94.9 Å². The highest BCUT2D eigenvalue weighted by atomic mass is 16.5. The number of fused-ring (bicyclic) bond motifs is 1. The first-order valence-electron chi connectivity index (χ1n) is 8.36. The van der Waals surface area contributed by atoms with Crippen molar-refractivity contribution in [2.75, 3.05) is 20.8 Å². The number of aromatic nitrogens is 2. The molecule has 0 atom stereocenters. The van der Waals surface area contributed by atoms with Gasteiger partial charge in [0, 0.05) is 6.07 Å². The van der Waals surface area contributed by atoms with E-state index in [9.17, 15) is 9.59 Å². The quantitative estimate of drug-likeness (QED) is 0.500. The van der Waals surface area contributed by atoms with Gasteiger partial charge in [0.05, 0.1) is 31.3 Å². The Hall–Kier alpha value is -3.81. The third-order valence-corrected chi connectivity index (χ3v) is 3.93. The van der Waals surface area contributed by atoms with Gasteiger partial charge in [0.15, 0.2) is 11.5 Å². The van der Waals surface area contributed by atoms with E-state index in [0.717, 1.165) is 4.68 Å². The molecule has 0 amide bonds. The lowest BCUT2D eigenvalue weighted by molar-refractivity contribution is 0.355. The fourth-order valence-corrected chi connectivity index (χ4v) is 2.60. The van der Waals surface area contributed by atoms with Crippen LogP contribution in [0.2, 0.25) is 0 Å². The van der Waals surface area contributed by atoms with Crippen molar-refractivity contribution < 1.29 is 14.2 Å². The van der Waals surface area contributed by atoms with Crippen LogP contribution in [0, 0.1) is 0 Å². The number of methoxy groups -OCH3 is 2. The number of hydrogen-bond acceptors (Lipinski definition) is 6. The minimum atomic E-state index is -0.667. The summed E-state index contributed by atoms with van der Waals surface area (Å²) >= 11 is 0. The lowest BCUT2D eigenvalue weighted by Gasteiger charge is -2.09. The summed E-state index contributed by atoms with van der Waals surface area (Å²) < 4.78 is 16.6. The molecular formula is C20H19N3O5. The van der Waals surface area contributed by atoms with Crippen LogP contribution in [0.25, 0.3) is 10.9 Å². The second kappa shape index (κ2) is 8.26. The van der Waals surface area contributed by atoms with Gasteiger partial charge in [-0.1, -0.05) is 24.8 Å². The van der Waals surface area contributed by atoms with E-state index in [1.807, 2.05) is 0 Å². The van der Waals surface area contributed by atoms with E-state index in [0.29, 0.717) is 34.9 Å². The first-order chi connectivity index (χ1) is 13.6. The van der Waals surface area contributed by atoms with Crippen LogP contribution in [-0.4, -0.2) is 36.7 Å². The molecule has 0 bridgehead atoms. The summed E-state index contributed by atoms with van der Waals surface area (Å²) in [7, 11) is 2.94. The Bertz CT molecular complexity index is 1160. The van der Waals surface area contributed by atoms with E-state index in [2.05, 4.69) is 16.7 Å². The van der Waals surface area contributed by atoms with Gasteiger partial charge in [0.1, 0.15) is 12.4 Å². The highest BCUT2D eigenvalue weighted by Crippen LogP contribution is 2.29. The van der Waals surface area contributed by atoms with E-state index in [1.165, 1.54) is 32.6 Å². The van der Waals surface area contributed by atoms with Crippen molar-refractivity contribution >= 4 is 17.1 Å². The lowest BCUT2D eigenvalue weighted by Crippen LogP contribution is -2.32. The second-order valence-corrected chi connectivity index (χ2v) is 5.72. The molecule has 0 spiro atoms. The number of ether oxygens (including phenoxy) is 3. The number of H-pyrrole nitrogens is 1. The van der Waals surface area contributed by atoms with Crippen LogP contribution in [0.3, 0.4) is 0 Å². The zero-order valence-corrected chi connectivity index (χ0v) is 15.5. The van der Waals surface area contributed by atoms with Crippen LogP contribution in [0.15, 0.2) is 63.7 Å². The van der Waals surface area contributed by atoms with Crippen LogP contribution < -0.4 is 25.5 Å². The molecule has 3 rings (SSSR count). The van der Waals surface area contributed by atoms with Gasteiger partial charge in [-0.15, -0.1) is 4.68 Å². The summed E-state index contributed by atoms with van der Waals surface area (Å²) in [5.41, 5.74) is -0.241. The highest BCUT2D eigenvalue weighted by Gasteiger charge is 2.12. The molecule has 1 heterocycles. The maximum atomic E-state index is 12.7. The molecular weight excluding hydrogens is 362 g/mol. The zero-order chi connectivity index (χ0) is 20.1. The number of nitrogens with one attached hydrogen (secondary N) is 1. The summed E-state index contributed by atoms with van der Waals surface area (Å²) in [5, 5.41) is 4.28. The SMILES string of the molecule is C=CCOc1cccc(/C=N\n2c(=O)[nH]c3cc(OC)c(OC)cc3c2=O)c1. The molecule has 8 heteroatoms. The predicted octanol–water partition coefficient (Wildman–Crippen LogP) is 2.15. The average molecular weight is 381 g/mol. The molecule has 0 radical (unpaired) electrons. The summed E-state index contributed by atoms with van der Waals surface area (Å²) in [6, 6.07) is 10.1. The molecule has 2 aromatic carbocycles. The van der Waals surface area contributed by atoms with E-state index in [-0.39, 0.29) is 5.39 Å². The van der Waals surface area contributed by atoms with Crippen molar-refractivity contribution in [3.05, 3.63) is 75.5 Å². The van der Waals surface area contributed by atoms with Crippen LogP contribution in [0.5, 0.6) is 17.2 Å². The summed E-state index contributed by atoms with van der Waals surface area (Å²) in [5.74, 6) is 1.41. The van der Waals surface area contributed by atoms with Gasteiger partial charge in [-0.25, -0.2) is 4.79 Å². The van der Waals surface area contributed by atoms with Gasteiger partial charge < -0.3 is 19.2 Å². The van der Waals surface area contributed by atoms with Crippen molar-refractivity contribution in [3.63, 3.8) is 0 Å². The Morgan fingerprint density at radius 1 is 1.14 bits per heavy atom. The number of aromatic amines is 1. The van der Waals surface area contributed by atoms with Crippen molar-refractivity contribution in [1.29, 1.82) is 0 Å². The largest absolute Gasteiger partial charge is 0.493 e. The molecule has 0 aliphatic carbocycles. The first-order valence-corrected chi connectivity index (χ1v) is 8.36. The first kappa shape index (κ1) is 19.0. The van der Waals surface area contributed by atoms with Gasteiger partial charge >= 0.3 is 5.69 Å². The third-order valence-electron chi connectivity index (χ3n) is 3.93. The molecule has 0 aliphatic rings. The number of benzene rings is 2. The fraction of sp³-hybridized carbons (Fsp3) is 0.150. The van der Waals surface area contributed by atoms with Gasteiger partial charge in [-0.3, -0.25) is 4.79 Å². The van der Waals surface area contributed by atoms with E-state index < -0.39 is 11.2 Å². The maximum Gasteiger partial charge on any atom is 0.349 e. The molecule has 8 nitrogen and oxygen atoms in total. The van der Waals surface area contributed by atoms with Gasteiger partial charge in [-0.2, -0.15) is 5.10 Å². The average Bonchev–Trinajstić information content (AvgIpc) is 2.71. The molecule has 0 unspecified atom stereocenters. The number of nitrogens with zero attached hydrogens (tertiary/aromatic N) is 2. The Morgan fingerprint density at radius 2 is 1.89 bits per heavy atom. The van der Waals surface area contributed by atoms with Crippen molar-refractivity contribution in [1.82, 2.24) is 9.66 Å².